The number of nitrogens with one attached hydrogen (secondary N) is 2. The van der Waals surface area contributed by atoms with E-state index in [9.17, 15) is 19.7 Å². The average Bonchev–Trinajstić information content (AvgIpc) is 2.75. The molecule has 1 aliphatic rings. The molecule has 10 heteroatoms. The molecule has 1 heterocycles. The minimum atomic E-state index is -0.633. The first kappa shape index (κ1) is 20.8. The molecule has 156 valence electrons. The van der Waals surface area contributed by atoms with Gasteiger partial charge in [0.2, 0.25) is 0 Å². The van der Waals surface area contributed by atoms with E-state index in [0.717, 1.165) is 11.6 Å². The second-order valence-corrected chi connectivity index (χ2v) is 6.32. The zero-order valence-corrected chi connectivity index (χ0v) is 16.0. The third kappa shape index (κ3) is 5.32. The van der Waals surface area contributed by atoms with E-state index in [1.54, 1.807) is 12.1 Å². The van der Waals surface area contributed by atoms with Crippen LogP contribution in [0.5, 0.6) is 11.5 Å². The number of benzene rings is 2. The molecule has 30 heavy (non-hydrogen) atoms. The Morgan fingerprint density at radius 3 is 2.83 bits per heavy atom. The molecular weight excluding hydrogens is 394 g/mol. The van der Waals surface area contributed by atoms with Crippen LogP contribution in [0.2, 0.25) is 0 Å². The van der Waals surface area contributed by atoms with Gasteiger partial charge >= 0.3 is 0 Å². The monoisotopic (exact) mass is 413 g/mol. The molecule has 2 N–H and O–H groups in total. The number of aryl methyl sites for hydroxylation is 1. The van der Waals surface area contributed by atoms with Gasteiger partial charge in [-0.1, -0.05) is 18.2 Å². The zero-order valence-electron chi connectivity index (χ0n) is 16.0. The number of para-hydroxylation sites is 1. The lowest BCUT2D eigenvalue weighted by Crippen LogP contribution is -2.43. The van der Waals surface area contributed by atoms with Gasteiger partial charge in [-0.3, -0.25) is 30.6 Å². The number of amides is 2. The van der Waals surface area contributed by atoms with Crippen LogP contribution in [0.3, 0.4) is 0 Å². The lowest BCUT2D eigenvalue weighted by atomic mass is 10.1. The van der Waals surface area contributed by atoms with Gasteiger partial charge in [-0.25, -0.2) is 0 Å². The second-order valence-electron chi connectivity index (χ2n) is 6.32. The van der Waals surface area contributed by atoms with Gasteiger partial charge in [-0.2, -0.15) is 0 Å². The van der Waals surface area contributed by atoms with Crippen LogP contribution in [0.1, 0.15) is 16.7 Å². The summed E-state index contributed by atoms with van der Waals surface area (Å²) in [6.07, 6.45) is 2.49. The number of hydrazine groups is 1. The highest BCUT2D eigenvalue weighted by atomic mass is 16.7. The summed E-state index contributed by atoms with van der Waals surface area (Å²) in [4.78, 5) is 34.4. The number of carbonyl (C=O) groups excluding carboxylic acids is 2. The van der Waals surface area contributed by atoms with E-state index >= 15 is 0 Å². The number of ether oxygens (including phenoxy) is 3. The number of nitrogens with zero attached hydrogens (tertiary/aromatic N) is 1. The molecule has 0 saturated heterocycles. The van der Waals surface area contributed by atoms with Gasteiger partial charge in [0.25, 0.3) is 17.5 Å². The SMILES string of the molecule is Cc1ccccc1OCC(=O)NNC(=O)/C=C/c1cc([N+](=O)[O-])cc2c1OCOC2. The minimum Gasteiger partial charge on any atom is -0.483 e. The number of fused-ring (bicyclic) bond motifs is 1. The van der Waals surface area contributed by atoms with Crippen LogP contribution in [0, 0.1) is 17.0 Å². The molecule has 0 radical (unpaired) electrons. The molecule has 0 atom stereocenters. The Hall–Kier alpha value is -3.92. The molecule has 2 aromatic rings. The largest absolute Gasteiger partial charge is 0.483 e. The van der Waals surface area contributed by atoms with E-state index in [0.29, 0.717) is 22.6 Å². The Morgan fingerprint density at radius 2 is 2.07 bits per heavy atom. The van der Waals surface area contributed by atoms with E-state index < -0.39 is 16.7 Å². The number of non-ortho nitro benzene ring substituents is 1. The maximum absolute atomic E-state index is 12.0. The Morgan fingerprint density at radius 1 is 1.27 bits per heavy atom. The van der Waals surface area contributed by atoms with Crippen LogP contribution in [0.15, 0.2) is 42.5 Å². The van der Waals surface area contributed by atoms with Gasteiger partial charge in [-0.05, 0) is 24.6 Å². The van der Waals surface area contributed by atoms with E-state index in [4.69, 9.17) is 14.2 Å². The smallest absolute Gasteiger partial charge is 0.276 e. The number of hydrogen-bond donors (Lipinski definition) is 2. The molecule has 0 spiro atoms. The van der Waals surface area contributed by atoms with Crippen LogP contribution in [-0.4, -0.2) is 30.1 Å². The normalized spacial score (nSPS) is 12.6. The number of hydrogen-bond acceptors (Lipinski definition) is 7. The van der Waals surface area contributed by atoms with Crippen molar-refractivity contribution in [3.05, 3.63) is 69.3 Å². The van der Waals surface area contributed by atoms with Crippen molar-refractivity contribution in [3.63, 3.8) is 0 Å². The second kappa shape index (κ2) is 9.52. The minimum absolute atomic E-state index is 0.00872. The van der Waals surface area contributed by atoms with E-state index in [-0.39, 0.29) is 25.7 Å². The Bertz CT molecular complexity index is 1000. The highest BCUT2D eigenvalue weighted by Gasteiger charge is 2.19. The summed E-state index contributed by atoms with van der Waals surface area (Å²) in [6.45, 7) is 1.75. The molecule has 2 aromatic carbocycles. The molecule has 10 nitrogen and oxygen atoms in total. The maximum atomic E-state index is 12.0. The lowest BCUT2D eigenvalue weighted by molar-refractivity contribution is -0.385. The van der Waals surface area contributed by atoms with Crippen molar-refractivity contribution in [3.8, 4) is 11.5 Å². The Kier molecular flexibility index (Phi) is 6.60. The van der Waals surface area contributed by atoms with Gasteiger partial charge in [0.1, 0.15) is 11.5 Å². The molecule has 2 amide bonds. The summed E-state index contributed by atoms with van der Waals surface area (Å²) in [6, 6.07) is 9.88. The first-order valence-electron chi connectivity index (χ1n) is 8.91. The summed E-state index contributed by atoms with van der Waals surface area (Å²) >= 11 is 0. The standard InChI is InChI=1S/C20H19N3O7/c1-13-4-2-3-5-17(13)29-11-19(25)22-21-18(24)7-6-14-8-16(23(26)27)9-15-10-28-12-30-20(14)15/h2-9H,10-12H2,1H3,(H,21,24)(H,22,25)/b7-6+. The van der Waals surface area contributed by atoms with E-state index in [2.05, 4.69) is 10.9 Å². The Balaban J connectivity index is 1.57. The number of carbonyl (C=O) groups is 2. The maximum Gasteiger partial charge on any atom is 0.276 e. The molecule has 0 saturated carbocycles. The van der Waals surface area contributed by atoms with Crippen molar-refractivity contribution in [2.45, 2.75) is 13.5 Å². The van der Waals surface area contributed by atoms with Crippen LogP contribution < -0.4 is 20.3 Å². The molecule has 0 fully saturated rings. The fourth-order valence-corrected chi connectivity index (χ4v) is 2.70. The van der Waals surface area contributed by atoms with Crippen LogP contribution in [0.25, 0.3) is 6.08 Å². The number of nitro benzene ring substituents is 1. The third-order valence-corrected chi connectivity index (χ3v) is 4.13. The predicted octanol–water partition coefficient (Wildman–Crippen LogP) is 2.01. The quantitative estimate of drug-likeness (QED) is 0.421. The van der Waals surface area contributed by atoms with Crippen LogP contribution in [0.4, 0.5) is 5.69 Å². The first-order chi connectivity index (χ1) is 14.4. The van der Waals surface area contributed by atoms with Crippen molar-refractivity contribution < 1.29 is 28.7 Å². The van der Waals surface area contributed by atoms with Crippen molar-refractivity contribution in [2.24, 2.45) is 0 Å². The fraction of sp³-hybridized carbons (Fsp3) is 0.200. The van der Waals surface area contributed by atoms with Gasteiger partial charge in [0, 0.05) is 29.3 Å². The molecule has 0 bridgehead atoms. The summed E-state index contributed by atoms with van der Waals surface area (Å²) in [5.74, 6) is -0.204. The molecule has 1 aliphatic heterocycles. The third-order valence-electron chi connectivity index (χ3n) is 4.13. The number of nitro groups is 1. The summed E-state index contributed by atoms with van der Waals surface area (Å²) in [5, 5.41) is 11.1. The van der Waals surface area contributed by atoms with Crippen LogP contribution in [-0.2, 0) is 20.9 Å². The highest BCUT2D eigenvalue weighted by Crippen LogP contribution is 2.33. The van der Waals surface area contributed by atoms with E-state index in [1.165, 1.54) is 18.2 Å². The van der Waals surface area contributed by atoms with Gasteiger partial charge in [0.05, 0.1) is 11.5 Å². The Labute approximate surface area is 171 Å². The zero-order chi connectivity index (χ0) is 21.5. The molecule has 0 unspecified atom stereocenters. The van der Waals surface area contributed by atoms with Crippen molar-refractivity contribution in [2.75, 3.05) is 13.4 Å². The fourth-order valence-electron chi connectivity index (χ4n) is 2.70. The van der Waals surface area contributed by atoms with Gasteiger partial charge < -0.3 is 14.2 Å². The first-order valence-corrected chi connectivity index (χ1v) is 8.91. The highest BCUT2D eigenvalue weighted by molar-refractivity contribution is 5.93. The van der Waals surface area contributed by atoms with Crippen molar-refractivity contribution in [1.82, 2.24) is 10.9 Å². The van der Waals surface area contributed by atoms with Gasteiger partial charge in [-0.15, -0.1) is 0 Å². The molecular formula is C20H19N3O7. The van der Waals surface area contributed by atoms with Crippen molar-refractivity contribution in [1.29, 1.82) is 0 Å². The van der Waals surface area contributed by atoms with E-state index in [1.807, 2.05) is 19.1 Å². The van der Waals surface area contributed by atoms with Crippen LogP contribution >= 0.6 is 0 Å². The van der Waals surface area contributed by atoms with Crippen molar-refractivity contribution >= 4 is 23.6 Å². The topological polar surface area (TPSA) is 129 Å². The predicted molar refractivity (Wildman–Crippen MR) is 105 cm³/mol. The summed E-state index contributed by atoms with van der Waals surface area (Å²) in [7, 11) is 0. The van der Waals surface area contributed by atoms with Gasteiger partial charge in [0.15, 0.2) is 13.4 Å². The molecule has 3 rings (SSSR count). The average molecular weight is 413 g/mol. The lowest BCUT2D eigenvalue weighted by Gasteiger charge is -2.19. The molecule has 0 aromatic heterocycles. The summed E-state index contributed by atoms with van der Waals surface area (Å²) in [5.41, 5.74) is 6.04. The summed E-state index contributed by atoms with van der Waals surface area (Å²) < 4.78 is 15.9. The number of rotatable bonds is 6. The molecule has 0 aliphatic carbocycles.